The number of halogens is 7. The minimum atomic E-state index is -5.54. The first-order chi connectivity index (χ1) is 7.71. The monoisotopic (exact) mass is 263 g/mol. The minimum Gasteiger partial charge on any atom is -0.327 e. The third-order valence-corrected chi connectivity index (χ3v) is 1.99. The summed E-state index contributed by atoms with van der Waals surface area (Å²) < 4.78 is 88.2. The van der Waals surface area contributed by atoms with Crippen LogP contribution in [0, 0.1) is 0 Å². The molecular formula is C8H4F7NO. The molecule has 0 radical (unpaired) electrons. The Kier molecular flexibility index (Phi) is 3.48. The predicted molar refractivity (Wildman–Crippen MR) is 41.3 cm³/mol. The van der Waals surface area contributed by atoms with Gasteiger partial charge < -0.3 is 5.32 Å². The predicted octanol–water partition coefficient (Wildman–Crippen LogP) is 2.39. The summed E-state index contributed by atoms with van der Waals surface area (Å²) in [7, 11) is 0. The molecule has 0 aromatic heterocycles. The maximum Gasteiger partial charge on any atom is 0.418 e. The largest absolute Gasteiger partial charge is 0.418 e. The van der Waals surface area contributed by atoms with Gasteiger partial charge in [-0.3, -0.25) is 4.79 Å². The normalized spacial score (nSPS) is 26.3. The van der Waals surface area contributed by atoms with Crippen LogP contribution < -0.4 is 5.32 Å². The van der Waals surface area contributed by atoms with Crippen molar-refractivity contribution in [1.29, 1.82) is 0 Å². The number of nitrogens with one attached hydrogen (secondary N) is 1. The molecule has 1 N–H and O–H groups in total. The zero-order valence-corrected chi connectivity index (χ0v) is 7.79. The van der Waals surface area contributed by atoms with Crippen LogP contribution in [0.25, 0.3) is 0 Å². The molecule has 1 aliphatic carbocycles. The smallest absolute Gasteiger partial charge is 0.327 e. The molecule has 0 heterocycles. The lowest BCUT2D eigenvalue weighted by molar-refractivity contribution is -0.109. The fraction of sp³-hybridized carbons (Fsp3) is 0.375. The molecule has 17 heavy (non-hydrogen) atoms. The van der Waals surface area contributed by atoms with Gasteiger partial charge in [0.2, 0.25) is 6.41 Å². The zero-order valence-electron chi connectivity index (χ0n) is 7.79. The highest BCUT2D eigenvalue weighted by molar-refractivity contribution is 5.54. The molecule has 0 aliphatic heterocycles. The van der Waals surface area contributed by atoms with E-state index in [2.05, 4.69) is 0 Å². The summed E-state index contributed by atoms with van der Waals surface area (Å²) in [5.41, 5.74) is -4.07. The van der Waals surface area contributed by atoms with Crippen LogP contribution in [0.15, 0.2) is 22.9 Å². The first-order valence-corrected chi connectivity index (χ1v) is 4.07. The molecule has 0 aromatic carbocycles. The van der Waals surface area contributed by atoms with E-state index in [-0.39, 0.29) is 6.41 Å². The second-order valence-corrected chi connectivity index (χ2v) is 3.02. The Bertz CT molecular complexity index is 397. The molecule has 2 nitrogen and oxygen atoms in total. The van der Waals surface area contributed by atoms with Crippen molar-refractivity contribution in [2.24, 2.45) is 0 Å². The molecular weight excluding hydrogens is 259 g/mol. The molecule has 2 atom stereocenters. The van der Waals surface area contributed by atoms with Crippen molar-refractivity contribution < 1.29 is 35.5 Å². The van der Waals surface area contributed by atoms with E-state index in [0.717, 1.165) is 0 Å². The fourth-order valence-electron chi connectivity index (χ4n) is 1.26. The summed E-state index contributed by atoms with van der Waals surface area (Å²) in [5, 5.41) is 1.28. The van der Waals surface area contributed by atoms with Gasteiger partial charge >= 0.3 is 6.18 Å². The Hall–Kier alpha value is -1.54. The Morgan fingerprint density at radius 3 is 2.00 bits per heavy atom. The lowest BCUT2D eigenvalue weighted by Gasteiger charge is -2.25. The maximum absolute atomic E-state index is 13.0. The summed E-state index contributed by atoms with van der Waals surface area (Å²) >= 11 is 0. The SMILES string of the molecule is O=CNC1=C(F)C(F)=C(C(F)(F)F)C(F)C1F. The van der Waals surface area contributed by atoms with E-state index in [1.807, 2.05) is 0 Å². The van der Waals surface area contributed by atoms with Gasteiger partial charge in [0.15, 0.2) is 24.0 Å². The molecule has 2 unspecified atom stereocenters. The molecule has 96 valence electrons. The fourth-order valence-corrected chi connectivity index (χ4v) is 1.26. The maximum atomic E-state index is 13.0. The second-order valence-electron chi connectivity index (χ2n) is 3.02. The van der Waals surface area contributed by atoms with Crippen LogP contribution >= 0.6 is 0 Å². The van der Waals surface area contributed by atoms with Crippen LogP contribution in [-0.2, 0) is 4.79 Å². The lowest BCUT2D eigenvalue weighted by Crippen LogP contribution is -2.38. The van der Waals surface area contributed by atoms with E-state index in [4.69, 9.17) is 0 Å². The van der Waals surface area contributed by atoms with Gasteiger partial charge in [-0.2, -0.15) is 13.2 Å². The van der Waals surface area contributed by atoms with Crippen molar-refractivity contribution in [2.75, 3.05) is 0 Å². The standard InChI is InChI=1S/C8H4F7NO/c9-3-2(8(13,14)15)4(10)6(12)7(5(3)11)16-1-17/h1,3,5H,(H,16,17). The number of amides is 1. The number of hydrogen-bond donors (Lipinski definition) is 1. The van der Waals surface area contributed by atoms with Gasteiger partial charge in [0.05, 0.1) is 5.70 Å². The van der Waals surface area contributed by atoms with Gasteiger partial charge in [0.25, 0.3) is 0 Å². The minimum absolute atomic E-state index is 0.305. The van der Waals surface area contributed by atoms with E-state index in [1.165, 1.54) is 5.32 Å². The van der Waals surface area contributed by atoms with E-state index in [0.29, 0.717) is 0 Å². The Morgan fingerprint density at radius 2 is 1.59 bits per heavy atom. The number of carbonyl (C=O) groups excluding carboxylic acids is 1. The molecule has 0 spiro atoms. The third kappa shape index (κ3) is 2.27. The molecule has 0 saturated carbocycles. The molecule has 9 heteroatoms. The molecule has 1 rings (SSSR count). The van der Waals surface area contributed by atoms with Crippen molar-refractivity contribution in [3.8, 4) is 0 Å². The van der Waals surface area contributed by atoms with Crippen LogP contribution in [0.1, 0.15) is 0 Å². The summed E-state index contributed by atoms with van der Waals surface area (Å²) in [6.07, 6.45) is -12.4. The Balaban J connectivity index is 3.37. The number of allylic oxidation sites excluding steroid dienone is 4. The lowest BCUT2D eigenvalue weighted by atomic mass is 9.96. The number of hydrogen-bond acceptors (Lipinski definition) is 1. The van der Waals surface area contributed by atoms with E-state index < -0.39 is 41.4 Å². The molecule has 0 bridgehead atoms. The summed E-state index contributed by atoms with van der Waals surface area (Å²) in [4.78, 5) is 9.89. The second kappa shape index (κ2) is 4.38. The highest BCUT2D eigenvalue weighted by atomic mass is 19.4. The molecule has 1 amide bonds. The average Bonchev–Trinajstić information content (AvgIpc) is 2.20. The molecule has 0 fully saturated rings. The van der Waals surface area contributed by atoms with Crippen LogP contribution in [0.5, 0.6) is 0 Å². The first-order valence-electron chi connectivity index (χ1n) is 4.07. The quantitative estimate of drug-likeness (QED) is 0.601. The van der Waals surface area contributed by atoms with Gasteiger partial charge in [0.1, 0.15) is 5.57 Å². The first kappa shape index (κ1) is 13.5. The number of carbonyl (C=O) groups is 1. The van der Waals surface area contributed by atoms with Gasteiger partial charge in [-0.15, -0.1) is 0 Å². The topological polar surface area (TPSA) is 29.1 Å². The highest BCUT2D eigenvalue weighted by Crippen LogP contribution is 2.42. The van der Waals surface area contributed by atoms with Gasteiger partial charge in [0, 0.05) is 0 Å². The molecule has 1 aliphatic rings. The average molecular weight is 263 g/mol. The van der Waals surface area contributed by atoms with Crippen LogP contribution in [0.3, 0.4) is 0 Å². The van der Waals surface area contributed by atoms with E-state index in [9.17, 15) is 35.5 Å². The van der Waals surface area contributed by atoms with Gasteiger partial charge in [-0.05, 0) is 0 Å². The van der Waals surface area contributed by atoms with Crippen molar-refractivity contribution in [1.82, 2.24) is 5.32 Å². The molecule has 0 saturated heterocycles. The van der Waals surface area contributed by atoms with E-state index in [1.54, 1.807) is 0 Å². The van der Waals surface area contributed by atoms with Crippen molar-refractivity contribution in [3.63, 3.8) is 0 Å². The van der Waals surface area contributed by atoms with Gasteiger partial charge in [-0.25, -0.2) is 17.6 Å². The van der Waals surface area contributed by atoms with E-state index >= 15 is 0 Å². The van der Waals surface area contributed by atoms with Crippen molar-refractivity contribution in [3.05, 3.63) is 22.9 Å². The van der Waals surface area contributed by atoms with Crippen LogP contribution in [0.4, 0.5) is 30.7 Å². The number of alkyl halides is 5. The van der Waals surface area contributed by atoms with Gasteiger partial charge in [-0.1, -0.05) is 0 Å². The third-order valence-electron chi connectivity index (χ3n) is 1.99. The Labute approximate surface area is 89.8 Å². The zero-order chi connectivity index (χ0) is 13.4. The summed E-state index contributed by atoms with van der Waals surface area (Å²) in [5.74, 6) is -4.84. The summed E-state index contributed by atoms with van der Waals surface area (Å²) in [6.45, 7) is 0. The van der Waals surface area contributed by atoms with Crippen LogP contribution in [-0.4, -0.2) is 24.9 Å². The number of rotatable bonds is 2. The van der Waals surface area contributed by atoms with Crippen molar-refractivity contribution >= 4 is 6.41 Å². The Morgan fingerprint density at radius 1 is 1.06 bits per heavy atom. The highest BCUT2D eigenvalue weighted by Gasteiger charge is 2.51. The van der Waals surface area contributed by atoms with Crippen LogP contribution in [0.2, 0.25) is 0 Å². The van der Waals surface area contributed by atoms with Crippen molar-refractivity contribution in [2.45, 2.75) is 18.5 Å². The molecule has 0 aromatic rings. The summed E-state index contributed by atoms with van der Waals surface area (Å²) in [6, 6.07) is 0.